The summed E-state index contributed by atoms with van der Waals surface area (Å²) in [6, 6.07) is 0. The molecule has 17 heavy (non-hydrogen) atoms. The minimum absolute atomic E-state index is 0.0706. The van der Waals surface area contributed by atoms with Crippen molar-refractivity contribution in [1.82, 2.24) is 15.0 Å². The van der Waals surface area contributed by atoms with Crippen LogP contribution in [0.2, 0.25) is 0 Å². The number of pyridine rings is 1. The van der Waals surface area contributed by atoms with Crippen LogP contribution in [0.3, 0.4) is 0 Å². The normalized spacial score (nSPS) is 10.2. The molecule has 0 aromatic carbocycles. The number of rotatable bonds is 4. The number of carbonyl (C=O) groups excluding carboxylic acids is 1. The highest BCUT2D eigenvalue weighted by Crippen LogP contribution is 2.22. The highest BCUT2D eigenvalue weighted by molar-refractivity contribution is 5.81. The number of hydrogen-bond donors (Lipinski definition) is 3. The van der Waals surface area contributed by atoms with Gasteiger partial charge in [0.15, 0.2) is 12.2 Å². The van der Waals surface area contributed by atoms with E-state index in [4.69, 9.17) is 0 Å². The van der Waals surface area contributed by atoms with Crippen LogP contribution in [0.25, 0.3) is 0 Å². The highest BCUT2D eigenvalue weighted by atomic mass is 16.3. The lowest BCUT2D eigenvalue weighted by atomic mass is 10.1. The van der Waals surface area contributed by atoms with Gasteiger partial charge < -0.3 is 15.4 Å². The second kappa shape index (κ2) is 4.65. The molecule has 2 aromatic rings. The van der Waals surface area contributed by atoms with E-state index in [0.717, 1.165) is 0 Å². The number of H-pyrrole nitrogens is 1. The van der Waals surface area contributed by atoms with Gasteiger partial charge in [0.05, 0.1) is 11.3 Å². The highest BCUT2D eigenvalue weighted by Gasteiger charge is 2.10. The third-order valence-corrected chi connectivity index (χ3v) is 2.42. The average molecular weight is 232 g/mol. The first-order valence-electron chi connectivity index (χ1n) is 5.08. The maximum absolute atomic E-state index is 10.9. The molecular weight excluding hydrogens is 220 g/mol. The molecule has 0 bridgehead atoms. The summed E-state index contributed by atoms with van der Waals surface area (Å²) in [7, 11) is 0. The van der Waals surface area contributed by atoms with Gasteiger partial charge in [0.2, 0.25) is 0 Å². The molecule has 2 aromatic heterocycles. The largest absolute Gasteiger partial charge is 0.505 e. The Morgan fingerprint density at radius 1 is 1.53 bits per heavy atom. The van der Waals surface area contributed by atoms with Crippen molar-refractivity contribution in [3.8, 4) is 5.75 Å². The molecule has 6 nitrogen and oxygen atoms in total. The molecule has 0 unspecified atom stereocenters. The molecule has 0 aliphatic carbocycles. The summed E-state index contributed by atoms with van der Waals surface area (Å²) in [5.74, 6) is 0.528. The third kappa shape index (κ3) is 2.25. The number of nitrogens with zero attached hydrogens (tertiary/aromatic N) is 2. The van der Waals surface area contributed by atoms with E-state index in [0.29, 0.717) is 30.0 Å². The predicted octanol–water partition coefficient (Wildman–Crippen LogP) is 1.24. The molecule has 0 radical (unpaired) electrons. The van der Waals surface area contributed by atoms with Crippen molar-refractivity contribution in [2.24, 2.45) is 0 Å². The molecular formula is C11H12N4O2. The van der Waals surface area contributed by atoms with Crippen LogP contribution in [0, 0.1) is 6.92 Å². The lowest BCUT2D eigenvalue weighted by Gasteiger charge is -2.08. The molecule has 0 fully saturated rings. The van der Waals surface area contributed by atoms with Gasteiger partial charge in [-0.1, -0.05) is 0 Å². The summed E-state index contributed by atoms with van der Waals surface area (Å²) >= 11 is 0. The van der Waals surface area contributed by atoms with Gasteiger partial charge in [0, 0.05) is 30.7 Å². The van der Waals surface area contributed by atoms with Gasteiger partial charge in [0.25, 0.3) is 0 Å². The third-order valence-electron chi connectivity index (χ3n) is 2.42. The summed E-state index contributed by atoms with van der Waals surface area (Å²) in [6.07, 6.45) is 5.50. The number of carbonyl (C=O) groups is 1. The van der Waals surface area contributed by atoms with Crippen molar-refractivity contribution in [1.29, 1.82) is 0 Å². The number of aromatic hydroxyl groups is 1. The summed E-state index contributed by atoms with van der Waals surface area (Å²) < 4.78 is 0. The number of aromatic amines is 1. The number of aryl methyl sites for hydroxylation is 1. The Labute approximate surface area is 97.7 Å². The monoisotopic (exact) mass is 232 g/mol. The van der Waals surface area contributed by atoms with E-state index in [2.05, 4.69) is 20.3 Å². The molecule has 0 aliphatic rings. The lowest BCUT2D eigenvalue weighted by Crippen LogP contribution is -2.05. The second-order valence-electron chi connectivity index (χ2n) is 3.54. The number of imidazole rings is 1. The van der Waals surface area contributed by atoms with E-state index < -0.39 is 0 Å². The molecule has 0 saturated heterocycles. The van der Waals surface area contributed by atoms with Gasteiger partial charge in [-0.3, -0.25) is 9.78 Å². The SMILES string of the molecule is Cc1ncc(CNc2ncc[nH]2)c(C=O)c1O. The zero-order valence-electron chi connectivity index (χ0n) is 9.27. The van der Waals surface area contributed by atoms with Crippen LogP contribution < -0.4 is 5.32 Å². The first-order valence-corrected chi connectivity index (χ1v) is 5.08. The summed E-state index contributed by atoms with van der Waals surface area (Å²) in [4.78, 5) is 21.8. The topological polar surface area (TPSA) is 90.9 Å². The Hall–Kier alpha value is -2.37. The van der Waals surface area contributed by atoms with Crippen LogP contribution in [-0.4, -0.2) is 26.3 Å². The van der Waals surface area contributed by atoms with E-state index in [1.807, 2.05) is 0 Å². The van der Waals surface area contributed by atoms with E-state index in [9.17, 15) is 9.90 Å². The van der Waals surface area contributed by atoms with Gasteiger partial charge >= 0.3 is 0 Å². The Morgan fingerprint density at radius 2 is 2.35 bits per heavy atom. The molecule has 0 spiro atoms. The lowest BCUT2D eigenvalue weighted by molar-refractivity contribution is 0.112. The zero-order chi connectivity index (χ0) is 12.3. The van der Waals surface area contributed by atoms with Crippen LogP contribution in [0.5, 0.6) is 5.75 Å². The Bertz CT molecular complexity index is 523. The standard InChI is InChI=1S/C11H12N4O2/c1-7-10(17)9(6-16)8(4-14-7)5-15-11-12-2-3-13-11/h2-4,6,17H,5H2,1H3,(H2,12,13,15). The van der Waals surface area contributed by atoms with Crippen molar-refractivity contribution in [3.05, 3.63) is 35.4 Å². The number of aldehydes is 1. The van der Waals surface area contributed by atoms with Crippen molar-refractivity contribution in [3.63, 3.8) is 0 Å². The first kappa shape index (κ1) is 11.1. The summed E-state index contributed by atoms with van der Waals surface area (Å²) in [6.45, 7) is 2.01. The molecule has 88 valence electrons. The fraction of sp³-hybridized carbons (Fsp3) is 0.182. The second-order valence-corrected chi connectivity index (χ2v) is 3.54. The first-order chi connectivity index (χ1) is 8.22. The summed E-state index contributed by atoms with van der Waals surface area (Å²) in [5.41, 5.74) is 1.32. The molecule has 3 N–H and O–H groups in total. The minimum atomic E-state index is -0.0706. The molecule has 0 atom stereocenters. The molecule has 0 amide bonds. The predicted molar refractivity (Wildman–Crippen MR) is 61.9 cm³/mol. The number of anilines is 1. The van der Waals surface area contributed by atoms with Gasteiger partial charge in [0.1, 0.15) is 5.75 Å². The fourth-order valence-electron chi connectivity index (χ4n) is 1.47. The number of aromatic nitrogens is 3. The van der Waals surface area contributed by atoms with Crippen LogP contribution in [0.15, 0.2) is 18.6 Å². The van der Waals surface area contributed by atoms with Gasteiger partial charge in [-0.2, -0.15) is 0 Å². The Balaban J connectivity index is 2.21. The summed E-state index contributed by atoms with van der Waals surface area (Å²) in [5, 5.41) is 12.7. The van der Waals surface area contributed by atoms with Crippen LogP contribution in [0.1, 0.15) is 21.6 Å². The van der Waals surface area contributed by atoms with Crippen LogP contribution in [0.4, 0.5) is 5.95 Å². The van der Waals surface area contributed by atoms with Crippen molar-refractivity contribution >= 4 is 12.2 Å². The van der Waals surface area contributed by atoms with E-state index in [-0.39, 0.29) is 11.3 Å². The van der Waals surface area contributed by atoms with E-state index in [1.54, 1.807) is 25.5 Å². The fourth-order valence-corrected chi connectivity index (χ4v) is 1.47. The number of hydrogen-bond acceptors (Lipinski definition) is 5. The maximum atomic E-state index is 10.9. The van der Waals surface area contributed by atoms with Gasteiger partial charge in [-0.15, -0.1) is 0 Å². The van der Waals surface area contributed by atoms with Crippen molar-refractivity contribution in [2.45, 2.75) is 13.5 Å². The Morgan fingerprint density at radius 3 is 3.00 bits per heavy atom. The number of nitrogens with one attached hydrogen (secondary N) is 2. The average Bonchev–Trinajstić information content (AvgIpc) is 2.83. The Kier molecular flexibility index (Phi) is 3.04. The maximum Gasteiger partial charge on any atom is 0.200 e. The molecule has 6 heteroatoms. The smallest absolute Gasteiger partial charge is 0.200 e. The molecule has 0 aliphatic heterocycles. The van der Waals surface area contributed by atoms with Crippen molar-refractivity contribution < 1.29 is 9.90 Å². The van der Waals surface area contributed by atoms with Gasteiger partial charge in [-0.25, -0.2) is 4.98 Å². The van der Waals surface area contributed by atoms with Crippen LogP contribution in [-0.2, 0) is 6.54 Å². The van der Waals surface area contributed by atoms with Gasteiger partial charge in [-0.05, 0) is 6.92 Å². The minimum Gasteiger partial charge on any atom is -0.505 e. The zero-order valence-corrected chi connectivity index (χ0v) is 9.27. The van der Waals surface area contributed by atoms with E-state index in [1.165, 1.54) is 0 Å². The van der Waals surface area contributed by atoms with Crippen LogP contribution >= 0.6 is 0 Å². The van der Waals surface area contributed by atoms with Crippen molar-refractivity contribution in [2.75, 3.05) is 5.32 Å². The quantitative estimate of drug-likeness (QED) is 0.690. The molecule has 0 saturated carbocycles. The van der Waals surface area contributed by atoms with E-state index >= 15 is 0 Å². The molecule has 2 rings (SSSR count). The molecule has 2 heterocycles.